The minimum atomic E-state index is -4.69. The largest absolute Gasteiger partial charge is 0.481 e. The van der Waals surface area contributed by atoms with E-state index in [9.17, 15) is 26.4 Å². The Morgan fingerprint density at radius 3 is 2.25 bits per heavy atom. The van der Waals surface area contributed by atoms with Gasteiger partial charge in [-0.3, -0.25) is 4.79 Å². The Labute approximate surface area is 137 Å². The smallest absolute Gasteiger partial charge is 0.418 e. The summed E-state index contributed by atoms with van der Waals surface area (Å²) < 4.78 is 62.6. The standard InChI is InChI=1S/C15H18F3NO4S/c1-24(22,23)11-6-7-13(12(8-11)15(16,17)18)19-10-4-2-9(3-5-10)14(20)21/h6-10,19H,2-5H2,1H3,(H,20,21). The third kappa shape index (κ3) is 4.40. The highest BCUT2D eigenvalue weighted by Gasteiger charge is 2.35. The number of hydrogen-bond acceptors (Lipinski definition) is 4. The number of benzene rings is 1. The van der Waals surface area contributed by atoms with Crippen LogP contribution in [0.25, 0.3) is 0 Å². The van der Waals surface area contributed by atoms with E-state index in [0.717, 1.165) is 18.4 Å². The predicted molar refractivity (Wildman–Crippen MR) is 81.6 cm³/mol. The SMILES string of the molecule is CS(=O)(=O)c1ccc(NC2CCC(C(=O)O)CC2)c(C(F)(F)F)c1. The molecule has 0 bridgehead atoms. The Hall–Kier alpha value is -1.77. The molecule has 9 heteroatoms. The average Bonchev–Trinajstić information content (AvgIpc) is 2.46. The fourth-order valence-corrected chi connectivity index (χ4v) is 3.47. The van der Waals surface area contributed by atoms with Crippen LogP contribution in [0.1, 0.15) is 31.2 Å². The van der Waals surface area contributed by atoms with Gasteiger partial charge in [-0.05, 0) is 43.9 Å². The number of anilines is 1. The van der Waals surface area contributed by atoms with E-state index >= 15 is 0 Å². The lowest BCUT2D eigenvalue weighted by Gasteiger charge is -2.28. The van der Waals surface area contributed by atoms with E-state index in [1.807, 2.05) is 0 Å². The van der Waals surface area contributed by atoms with Gasteiger partial charge in [0.1, 0.15) is 0 Å². The first-order valence-corrected chi connectivity index (χ1v) is 9.28. The molecule has 1 aromatic carbocycles. The number of nitrogens with one attached hydrogen (secondary N) is 1. The van der Waals surface area contributed by atoms with Gasteiger partial charge in [0.05, 0.1) is 16.4 Å². The van der Waals surface area contributed by atoms with Gasteiger partial charge in [-0.25, -0.2) is 8.42 Å². The summed E-state index contributed by atoms with van der Waals surface area (Å²) in [5.74, 6) is -1.35. The van der Waals surface area contributed by atoms with Crippen LogP contribution in [-0.2, 0) is 20.8 Å². The lowest BCUT2D eigenvalue weighted by molar-refractivity contribution is -0.142. The van der Waals surface area contributed by atoms with Gasteiger partial charge in [0.25, 0.3) is 0 Å². The minimum Gasteiger partial charge on any atom is -0.481 e. The Balaban J connectivity index is 2.23. The first-order valence-electron chi connectivity index (χ1n) is 7.39. The lowest BCUT2D eigenvalue weighted by Crippen LogP contribution is -2.30. The summed E-state index contributed by atoms with van der Waals surface area (Å²) in [4.78, 5) is 10.5. The van der Waals surface area contributed by atoms with Crippen LogP contribution in [0.2, 0.25) is 0 Å². The van der Waals surface area contributed by atoms with Gasteiger partial charge < -0.3 is 10.4 Å². The van der Waals surface area contributed by atoms with Crippen LogP contribution in [0.15, 0.2) is 23.1 Å². The molecule has 24 heavy (non-hydrogen) atoms. The zero-order chi connectivity index (χ0) is 18.1. The number of rotatable bonds is 4. The summed E-state index contributed by atoms with van der Waals surface area (Å²) in [5, 5.41) is 11.7. The van der Waals surface area contributed by atoms with Crippen LogP contribution in [0, 0.1) is 5.92 Å². The quantitative estimate of drug-likeness (QED) is 0.856. The van der Waals surface area contributed by atoms with Crippen molar-refractivity contribution in [1.82, 2.24) is 0 Å². The number of carbonyl (C=O) groups is 1. The molecule has 0 aromatic heterocycles. The normalized spacial score (nSPS) is 22.2. The third-order valence-electron chi connectivity index (χ3n) is 4.16. The summed E-state index contributed by atoms with van der Waals surface area (Å²) in [7, 11) is -3.75. The van der Waals surface area contributed by atoms with Gasteiger partial charge in [0, 0.05) is 18.0 Å². The number of alkyl halides is 3. The number of carboxylic acid groups (broad SMARTS) is 1. The molecule has 1 aliphatic carbocycles. The van der Waals surface area contributed by atoms with Crippen LogP contribution in [0.3, 0.4) is 0 Å². The zero-order valence-electron chi connectivity index (χ0n) is 12.9. The zero-order valence-corrected chi connectivity index (χ0v) is 13.7. The third-order valence-corrected chi connectivity index (χ3v) is 5.27. The molecule has 0 radical (unpaired) electrons. The highest BCUT2D eigenvalue weighted by atomic mass is 32.2. The second kappa shape index (κ2) is 6.62. The summed E-state index contributed by atoms with van der Waals surface area (Å²) >= 11 is 0. The number of halogens is 3. The van der Waals surface area contributed by atoms with Crippen molar-refractivity contribution >= 4 is 21.5 Å². The van der Waals surface area contributed by atoms with Crippen molar-refractivity contribution in [3.8, 4) is 0 Å². The van der Waals surface area contributed by atoms with Gasteiger partial charge in [-0.15, -0.1) is 0 Å². The van der Waals surface area contributed by atoms with E-state index < -0.39 is 38.4 Å². The van der Waals surface area contributed by atoms with Gasteiger partial charge in [0.2, 0.25) is 0 Å². The average molecular weight is 365 g/mol. The van der Waals surface area contributed by atoms with E-state index in [1.54, 1.807) is 0 Å². The summed E-state index contributed by atoms with van der Waals surface area (Å²) in [6.07, 6.45) is -2.15. The number of sulfone groups is 1. The number of aliphatic carboxylic acids is 1. The molecular weight excluding hydrogens is 347 g/mol. The molecule has 134 valence electrons. The van der Waals surface area contributed by atoms with E-state index in [2.05, 4.69) is 5.32 Å². The maximum absolute atomic E-state index is 13.2. The molecule has 2 N–H and O–H groups in total. The topological polar surface area (TPSA) is 83.5 Å². The predicted octanol–water partition coefficient (Wildman–Crippen LogP) is 3.16. The molecule has 1 aliphatic rings. The molecule has 5 nitrogen and oxygen atoms in total. The molecule has 1 saturated carbocycles. The molecular formula is C15H18F3NO4S. The first-order chi connectivity index (χ1) is 11.0. The summed E-state index contributed by atoms with van der Waals surface area (Å²) in [6, 6.07) is 2.60. The van der Waals surface area contributed by atoms with Crippen molar-refractivity contribution < 1.29 is 31.5 Å². The van der Waals surface area contributed by atoms with Crippen molar-refractivity contribution in [3.05, 3.63) is 23.8 Å². The van der Waals surface area contributed by atoms with Gasteiger partial charge in [-0.1, -0.05) is 0 Å². The summed E-state index contributed by atoms with van der Waals surface area (Å²) in [6.45, 7) is 0. The molecule has 1 aromatic rings. The molecule has 0 atom stereocenters. The van der Waals surface area contributed by atoms with Crippen molar-refractivity contribution in [1.29, 1.82) is 0 Å². The minimum absolute atomic E-state index is 0.186. The molecule has 0 aliphatic heterocycles. The van der Waals surface area contributed by atoms with E-state index in [4.69, 9.17) is 5.11 Å². The van der Waals surface area contributed by atoms with Crippen LogP contribution in [-0.4, -0.2) is 31.8 Å². The van der Waals surface area contributed by atoms with Gasteiger partial charge in [-0.2, -0.15) is 13.2 Å². The molecule has 0 amide bonds. The Bertz CT molecular complexity index is 723. The molecule has 0 spiro atoms. The van der Waals surface area contributed by atoms with Crippen molar-refractivity contribution in [2.24, 2.45) is 5.92 Å². The van der Waals surface area contributed by atoms with Crippen molar-refractivity contribution in [2.75, 3.05) is 11.6 Å². The second-order valence-electron chi connectivity index (χ2n) is 6.01. The van der Waals surface area contributed by atoms with Crippen molar-refractivity contribution in [2.45, 2.75) is 42.8 Å². The number of hydrogen-bond donors (Lipinski definition) is 2. The van der Waals surface area contributed by atoms with Crippen LogP contribution in [0.4, 0.5) is 18.9 Å². The molecule has 0 unspecified atom stereocenters. The van der Waals surface area contributed by atoms with E-state index in [-0.39, 0.29) is 11.7 Å². The number of carboxylic acids is 1. The lowest BCUT2D eigenvalue weighted by atomic mass is 9.86. The highest BCUT2D eigenvalue weighted by molar-refractivity contribution is 7.90. The Kier molecular flexibility index (Phi) is 5.12. The second-order valence-corrected chi connectivity index (χ2v) is 8.02. The highest BCUT2D eigenvalue weighted by Crippen LogP contribution is 2.37. The maximum Gasteiger partial charge on any atom is 0.418 e. The van der Waals surface area contributed by atoms with Gasteiger partial charge >= 0.3 is 12.1 Å². The monoisotopic (exact) mass is 365 g/mol. The molecule has 0 heterocycles. The first kappa shape index (κ1) is 18.6. The Morgan fingerprint density at radius 1 is 1.21 bits per heavy atom. The molecule has 0 saturated heterocycles. The summed E-state index contributed by atoms with van der Waals surface area (Å²) in [5.41, 5.74) is -1.22. The fourth-order valence-electron chi connectivity index (χ4n) is 2.82. The van der Waals surface area contributed by atoms with Crippen LogP contribution >= 0.6 is 0 Å². The van der Waals surface area contributed by atoms with Gasteiger partial charge in [0.15, 0.2) is 9.84 Å². The van der Waals surface area contributed by atoms with E-state index in [0.29, 0.717) is 31.7 Å². The fraction of sp³-hybridized carbons (Fsp3) is 0.533. The maximum atomic E-state index is 13.2. The Morgan fingerprint density at radius 2 is 1.79 bits per heavy atom. The van der Waals surface area contributed by atoms with Crippen LogP contribution < -0.4 is 5.32 Å². The van der Waals surface area contributed by atoms with Crippen LogP contribution in [0.5, 0.6) is 0 Å². The molecule has 1 fully saturated rings. The van der Waals surface area contributed by atoms with Crippen molar-refractivity contribution in [3.63, 3.8) is 0 Å². The van der Waals surface area contributed by atoms with E-state index in [1.165, 1.54) is 0 Å². The molecule has 2 rings (SSSR count).